The summed E-state index contributed by atoms with van der Waals surface area (Å²) < 4.78 is 53.6. The maximum atomic E-state index is 13.9. The van der Waals surface area contributed by atoms with E-state index in [1.807, 2.05) is 6.92 Å². The molecule has 0 amide bonds. The van der Waals surface area contributed by atoms with E-state index in [1.165, 1.54) is 26.2 Å². The van der Waals surface area contributed by atoms with Gasteiger partial charge in [-0.2, -0.15) is 17.7 Å². The Balaban J connectivity index is 1.82. The zero-order chi connectivity index (χ0) is 23.5. The van der Waals surface area contributed by atoms with Gasteiger partial charge in [0.25, 0.3) is 5.56 Å². The lowest BCUT2D eigenvalue weighted by molar-refractivity contribution is -0.140. The molecule has 0 atom stereocenters. The third-order valence-corrected chi connectivity index (χ3v) is 5.44. The van der Waals surface area contributed by atoms with Crippen LogP contribution in [0.15, 0.2) is 51.7 Å². The molecule has 0 aliphatic rings. The molecule has 0 bridgehead atoms. The van der Waals surface area contributed by atoms with Gasteiger partial charge in [-0.3, -0.25) is 9.89 Å². The van der Waals surface area contributed by atoms with Crippen molar-refractivity contribution in [1.82, 2.24) is 19.6 Å². The standard InChI is InChI=1S/C23H17F3N4O3/c1-11-9-10-14-17(18(11)32-3)28-21(33-14)15-12(2)27-20-16(13-7-5-4-6-8-13)19(23(24,25)26)29-30(20)22(15)31/h4-10,29H,1-3H3. The normalized spacial score (nSPS) is 12.1. The number of fused-ring (bicyclic) bond motifs is 2. The minimum Gasteiger partial charge on any atom is -0.494 e. The van der Waals surface area contributed by atoms with E-state index in [4.69, 9.17) is 9.15 Å². The van der Waals surface area contributed by atoms with E-state index in [2.05, 4.69) is 15.1 Å². The Labute approximate surface area is 184 Å². The number of hydrogen-bond donors (Lipinski definition) is 1. The van der Waals surface area contributed by atoms with Crippen molar-refractivity contribution in [3.63, 3.8) is 0 Å². The summed E-state index contributed by atoms with van der Waals surface area (Å²) in [5, 5.41) is 2.20. The van der Waals surface area contributed by atoms with Crippen molar-refractivity contribution in [3.8, 4) is 28.3 Å². The number of aromatic amines is 1. The highest BCUT2D eigenvalue weighted by atomic mass is 19.4. The lowest BCUT2D eigenvalue weighted by atomic mass is 10.1. The van der Waals surface area contributed by atoms with Crippen LogP contribution in [0.1, 0.15) is 17.0 Å². The van der Waals surface area contributed by atoms with Gasteiger partial charge in [0.15, 0.2) is 22.5 Å². The number of nitrogens with one attached hydrogen (secondary N) is 1. The topological polar surface area (TPSA) is 85.4 Å². The minimum absolute atomic E-state index is 0.0435. The van der Waals surface area contributed by atoms with Crippen LogP contribution in [0.5, 0.6) is 5.75 Å². The third kappa shape index (κ3) is 3.17. The van der Waals surface area contributed by atoms with E-state index < -0.39 is 17.4 Å². The number of aromatic nitrogens is 4. The van der Waals surface area contributed by atoms with E-state index in [0.717, 1.165) is 10.1 Å². The van der Waals surface area contributed by atoms with E-state index in [0.29, 0.717) is 16.8 Å². The molecule has 0 spiro atoms. The number of aryl methyl sites for hydroxylation is 2. The zero-order valence-corrected chi connectivity index (χ0v) is 17.7. The molecule has 1 N–H and O–H groups in total. The van der Waals surface area contributed by atoms with Gasteiger partial charge in [-0.25, -0.2) is 9.97 Å². The lowest BCUT2D eigenvalue weighted by Gasteiger charge is -2.07. The first-order chi connectivity index (χ1) is 15.7. The maximum Gasteiger partial charge on any atom is 0.433 e. The van der Waals surface area contributed by atoms with Crippen LogP contribution in [0.4, 0.5) is 13.2 Å². The average molecular weight is 454 g/mol. The molecule has 0 aliphatic carbocycles. The van der Waals surface area contributed by atoms with Crippen LogP contribution in [-0.2, 0) is 6.18 Å². The second-order valence-corrected chi connectivity index (χ2v) is 7.54. The first-order valence-corrected chi connectivity index (χ1v) is 9.93. The summed E-state index contributed by atoms with van der Waals surface area (Å²) in [4.78, 5) is 22.1. The van der Waals surface area contributed by atoms with Gasteiger partial charge in [0.2, 0.25) is 5.89 Å². The lowest BCUT2D eigenvalue weighted by Crippen LogP contribution is -2.20. The van der Waals surface area contributed by atoms with E-state index in [9.17, 15) is 18.0 Å². The average Bonchev–Trinajstić information content (AvgIpc) is 3.36. The number of nitrogens with zero attached hydrogens (tertiary/aromatic N) is 3. The SMILES string of the molecule is COc1c(C)ccc2oc(-c3c(C)nc4c(-c5ccccc5)c(C(F)(F)F)[nH]n4c3=O)nc12. The van der Waals surface area contributed by atoms with Crippen molar-refractivity contribution in [1.29, 1.82) is 0 Å². The third-order valence-electron chi connectivity index (χ3n) is 5.44. The predicted octanol–water partition coefficient (Wildman–Crippen LogP) is 5.14. The van der Waals surface area contributed by atoms with Gasteiger partial charge >= 0.3 is 6.18 Å². The number of rotatable bonds is 3. The van der Waals surface area contributed by atoms with Gasteiger partial charge in [0.1, 0.15) is 11.3 Å². The Bertz CT molecular complexity index is 1580. The molecular weight excluding hydrogens is 437 g/mol. The predicted molar refractivity (Wildman–Crippen MR) is 115 cm³/mol. The molecule has 5 rings (SSSR count). The second kappa shape index (κ2) is 7.22. The fourth-order valence-electron chi connectivity index (χ4n) is 3.94. The summed E-state index contributed by atoms with van der Waals surface area (Å²) in [5.41, 5.74) is -0.132. The molecule has 2 aromatic carbocycles. The van der Waals surface area contributed by atoms with Crippen LogP contribution < -0.4 is 10.3 Å². The fraction of sp³-hybridized carbons (Fsp3) is 0.174. The summed E-state index contributed by atoms with van der Waals surface area (Å²) in [6.45, 7) is 3.37. The maximum absolute atomic E-state index is 13.9. The highest BCUT2D eigenvalue weighted by molar-refractivity contribution is 5.85. The molecule has 0 fully saturated rings. The van der Waals surface area contributed by atoms with Crippen molar-refractivity contribution in [2.24, 2.45) is 0 Å². The number of ether oxygens (including phenoxy) is 1. The van der Waals surface area contributed by atoms with Crippen LogP contribution >= 0.6 is 0 Å². The number of hydrogen-bond acceptors (Lipinski definition) is 5. The molecule has 5 aromatic rings. The molecule has 0 aliphatic heterocycles. The highest BCUT2D eigenvalue weighted by Crippen LogP contribution is 2.39. The van der Waals surface area contributed by atoms with E-state index >= 15 is 0 Å². The largest absolute Gasteiger partial charge is 0.494 e. The number of methoxy groups -OCH3 is 1. The molecule has 0 unspecified atom stereocenters. The van der Waals surface area contributed by atoms with Crippen molar-refractivity contribution < 1.29 is 22.3 Å². The monoisotopic (exact) mass is 454 g/mol. The Morgan fingerprint density at radius 3 is 2.42 bits per heavy atom. The Morgan fingerprint density at radius 2 is 1.76 bits per heavy atom. The van der Waals surface area contributed by atoms with Crippen LogP contribution in [0, 0.1) is 13.8 Å². The first-order valence-electron chi connectivity index (χ1n) is 9.93. The van der Waals surface area contributed by atoms with Gasteiger partial charge < -0.3 is 9.15 Å². The molecule has 10 heteroatoms. The first kappa shape index (κ1) is 20.8. The second-order valence-electron chi connectivity index (χ2n) is 7.54. The van der Waals surface area contributed by atoms with Crippen LogP contribution in [0.25, 0.3) is 39.3 Å². The Kier molecular flexibility index (Phi) is 4.55. The van der Waals surface area contributed by atoms with E-state index in [-0.39, 0.29) is 33.9 Å². The van der Waals surface area contributed by atoms with Crippen molar-refractivity contribution in [3.05, 3.63) is 69.8 Å². The number of benzene rings is 2. The molecule has 3 aromatic heterocycles. The fourth-order valence-corrected chi connectivity index (χ4v) is 3.94. The van der Waals surface area contributed by atoms with Crippen molar-refractivity contribution >= 4 is 16.7 Å². The molecule has 0 radical (unpaired) electrons. The van der Waals surface area contributed by atoms with Gasteiger partial charge in [-0.05, 0) is 31.0 Å². The van der Waals surface area contributed by atoms with Gasteiger partial charge in [0, 0.05) is 0 Å². The quantitative estimate of drug-likeness (QED) is 0.408. The molecule has 7 nitrogen and oxygen atoms in total. The molecule has 3 heterocycles. The summed E-state index contributed by atoms with van der Waals surface area (Å²) in [6.07, 6.45) is -4.73. The van der Waals surface area contributed by atoms with Gasteiger partial charge in [-0.1, -0.05) is 36.4 Å². The minimum atomic E-state index is -4.73. The summed E-state index contributed by atoms with van der Waals surface area (Å²) >= 11 is 0. The van der Waals surface area contributed by atoms with Crippen molar-refractivity contribution in [2.45, 2.75) is 20.0 Å². The molecule has 33 heavy (non-hydrogen) atoms. The van der Waals surface area contributed by atoms with Crippen LogP contribution in [0.3, 0.4) is 0 Å². The Morgan fingerprint density at radius 1 is 1.03 bits per heavy atom. The zero-order valence-electron chi connectivity index (χ0n) is 17.7. The van der Waals surface area contributed by atoms with Gasteiger partial charge in [0.05, 0.1) is 18.4 Å². The smallest absolute Gasteiger partial charge is 0.433 e. The van der Waals surface area contributed by atoms with Crippen LogP contribution in [0.2, 0.25) is 0 Å². The summed E-state index contributed by atoms with van der Waals surface area (Å²) in [5.74, 6) is 0.433. The summed E-state index contributed by atoms with van der Waals surface area (Å²) in [7, 11) is 1.49. The Hall–Kier alpha value is -4.08. The van der Waals surface area contributed by atoms with Crippen molar-refractivity contribution in [2.75, 3.05) is 7.11 Å². The van der Waals surface area contributed by atoms with E-state index in [1.54, 1.807) is 30.3 Å². The highest BCUT2D eigenvalue weighted by Gasteiger charge is 2.38. The molecule has 0 saturated heterocycles. The number of halogens is 3. The number of oxazole rings is 1. The summed E-state index contributed by atoms with van der Waals surface area (Å²) in [6, 6.07) is 11.5. The number of alkyl halides is 3. The van der Waals surface area contributed by atoms with Crippen LogP contribution in [-0.4, -0.2) is 26.7 Å². The molecule has 0 saturated carbocycles. The van der Waals surface area contributed by atoms with Gasteiger partial charge in [-0.15, -0.1) is 0 Å². The molecule has 168 valence electrons. The number of H-pyrrole nitrogens is 1. The molecular formula is C23H17F3N4O3.